The van der Waals surface area contributed by atoms with Gasteiger partial charge in [0.1, 0.15) is 17.5 Å². The summed E-state index contributed by atoms with van der Waals surface area (Å²) >= 11 is 5.67. The summed E-state index contributed by atoms with van der Waals surface area (Å²) in [4.78, 5) is 3.93. The molecule has 1 heterocycles. The van der Waals surface area contributed by atoms with Crippen molar-refractivity contribution in [3.05, 3.63) is 65.5 Å². The highest BCUT2D eigenvalue weighted by atomic mass is 35.5. The number of ether oxygens (including phenoxy) is 1. The predicted molar refractivity (Wildman–Crippen MR) is 70.2 cm³/mol. The van der Waals surface area contributed by atoms with Gasteiger partial charge in [0.15, 0.2) is 0 Å². The first-order valence-electron chi connectivity index (χ1n) is 5.30. The summed E-state index contributed by atoms with van der Waals surface area (Å²) in [6.45, 7) is 0.512. The monoisotopic (exact) mass is 245 g/mol. The molecule has 0 spiro atoms. The van der Waals surface area contributed by atoms with Gasteiger partial charge in [-0.1, -0.05) is 48.0 Å². The Morgan fingerprint density at radius 1 is 1.12 bits per heavy atom. The van der Waals surface area contributed by atoms with E-state index in [4.69, 9.17) is 16.3 Å². The lowest BCUT2D eigenvalue weighted by Crippen LogP contribution is -1.93. The SMILES string of the molecule is Clc1ccc(OCC=Cc2ccccc2)cn1. The van der Waals surface area contributed by atoms with Gasteiger partial charge in [0.05, 0.1) is 6.20 Å². The molecule has 2 nitrogen and oxygen atoms in total. The van der Waals surface area contributed by atoms with Crippen molar-refractivity contribution in [2.45, 2.75) is 0 Å². The second-order valence-corrected chi connectivity index (χ2v) is 3.83. The van der Waals surface area contributed by atoms with Crippen molar-refractivity contribution >= 4 is 17.7 Å². The molecule has 0 bridgehead atoms. The topological polar surface area (TPSA) is 22.1 Å². The number of aromatic nitrogens is 1. The highest BCUT2D eigenvalue weighted by molar-refractivity contribution is 6.29. The molecule has 17 heavy (non-hydrogen) atoms. The molecule has 0 fully saturated rings. The van der Waals surface area contributed by atoms with E-state index in [1.54, 1.807) is 18.3 Å². The maximum Gasteiger partial charge on any atom is 0.138 e. The van der Waals surface area contributed by atoms with Crippen molar-refractivity contribution in [2.75, 3.05) is 6.61 Å². The molecule has 0 N–H and O–H groups in total. The third-order valence-corrected chi connectivity index (χ3v) is 2.38. The standard InChI is InChI=1S/C14H12ClNO/c15-14-9-8-13(11-16-14)17-10-4-7-12-5-2-1-3-6-12/h1-9,11H,10H2. The van der Waals surface area contributed by atoms with Crippen LogP contribution < -0.4 is 4.74 Å². The lowest BCUT2D eigenvalue weighted by molar-refractivity contribution is 0.362. The fourth-order valence-electron chi connectivity index (χ4n) is 1.34. The number of halogens is 1. The molecule has 0 aliphatic rings. The Kier molecular flexibility index (Phi) is 4.17. The number of hydrogen-bond acceptors (Lipinski definition) is 2. The lowest BCUT2D eigenvalue weighted by atomic mass is 10.2. The first-order chi connectivity index (χ1) is 8.34. The minimum atomic E-state index is 0.470. The van der Waals surface area contributed by atoms with Crippen molar-refractivity contribution in [2.24, 2.45) is 0 Å². The maximum absolute atomic E-state index is 5.67. The van der Waals surface area contributed by atoms with Gasteiger partial charge >= 0.3 is 0 Å². The highest BCUT2D eigenvalue weighted by Gasteiger charge is 1.92. The largest absolute Gasteiger partial charge is 0.488 e. The number of pyridine rings is 1. The van der Waals surface area contributed by atoms with Crippen molar-refractivity contribution in [3.63, 3.8) is 0 Å². The summed E-state index contributed by atoms with van der Waals surface area (Å²) < 4.78 is 5.47. The first kappa shape index (κ1) is 11.7. The average molecular weight is 246 g/mol. The zero-order valence-electron chi connectivity index (χ0n) is 9.21. The van der Waals surface area contributed by atoms with E-state index in [0.717, 1.165) is 5.56 Å². The van der Waals surface area contributed by atoms with Crippen molar-refractivity contribution in [3.8, 4) is 5.75 Å². The molecule has 0 radical (unpaired) electrons. The fraction of sp³-hybridized carbons (Fsp3) is 0.0714. The summed E-state index contributed by atoms with van der Waals surface area (Å²) in [6, 6.07) is 13.6. The summed E-state index contributed by atoms with van der Waals surface area (Å²) in [5.41, 5.74) is 1.16. The van der Waals surface area contributed by atoms with Crippen molar-refractivity contribution in [1.29, 1.82) is 0 Å². The number of rotatable bonds is 4. The molecule has 0 aliphatic heterocycles. The Labute approximate surface area is 106 Å². The quantitative estimate of drug-likeness (QED) is 0.764. The Morgan fingerprint density at radius 2 is 1.94 bits per heavy atom. The van der Waals surface area contributed by atoms with Gasteiger partial charge in [-0.3, -0.25) is 0 Å². The normalized spacial score (nSPS) is 10.6. The molecule has 2 rings (SSSR count). The van der Waals surface area contributed by atoms with Crippen LogP contribution in [-0.2, 0) is 0 Å². The van der Waals surface area contributed by atoms with Crippen LogP contribution in [-0.4, -0.2) is 11.6 Å². The van der Waals surface area contributed by atoms with Gasteiger partial charge in [-0.05, 0) is 23.8 Å². The van der Waals surface area contributed by atoms with Gasteiger partial charge < -0.3 is 4.74 Å². The molecule has 3 heteroatoms. The second-order valence-electron chi connectivity index (χ2n) is 3.44. The van der Waals surface area contributed by atoms with E-state index in [1.165, 1.54) is 0 Å². The molecule has 86 valence electrons. The zero-order valence-corrected chi connectivity index (χ0v) is 9.97. The lowest BCUT2D eigenvalue weighted by Gasteiger charge is -2.01. The second kappa shape index (κ2) is 6.06. The summed E-state index contributed by atoms with van der Waals surface area (Å²) in [7, 11) is 0. The smallest absolute Gasteiger partial charge is 0.138 e. The predicted octanol–water partition coefficient (Wildman–Crippen LogP) is 3.83. The Bertz CT molecular complexity index is 479. The number of nitrogens with zero attached hydrogens (tertiary/aromatic N) is 1. The summed E-state index contributed by atoms with van der Waals surface area (Å²) in [5.74, 6) is 0.715. The molecule has 0 atom stereocenters. The van der Waals surface area contributed by atoms with Crippen LogP contribution in [0.5, 0.6) is 5.75 Å². The van der Waals surface area contributed by atoms with Gasteiger partial charge in [0.2, 0.25) is 0 Å². The first-order valence-corrected chi connectivity index (χ1v) is 5.68. The van der Waals surface area contributed by atoms with Gasteiger partial charge in [0.25, 0.3) is 0 Å². The van der Waals surface area contributed by atoms with E-state index in [1.807, 2.05) is 42.5 Å². The van der Waals surface area contributed by atoms with E-state index in [-0.39, 0.29) is 0 Å². The number of benzene rings is 1. The third kappa shape index (κ3) is 3.93. The molecular formula is C14H12ClNO. The van der Waals surface area contributed by atoms with E-state index in [9.17, 15) is 0 Å². The third-order valence-electron chi connectivity index (χ3n) is 2.16. The van der Waals surface area contributed by atoms with E-state index in [0.29, 0.717) is 17.5 Å². The minimum absolute atomic E-state index is 0.470. The Hall–Kier alpha value is -1.80. The molecule has 0 aliphatic carbocycles. The minimum Gasteiger partial charge on any atom is -0.488 e. The van der Waals surface area contributed by atoms with Crippen LogP contribution in [0, 0.1) is 0 Å². The van der Waals surface area contributed by atoms with Crippen LogP contribution in [0.25, 0.3) is 6.08 Å². The molecule has 1 aromatic carbocycles. The maximum atomic E-state index is 5.67. The average Bonchev–Trinajstić information content (AvgIpc) is 2.38. The fourth-order valence-corrected chi connectivity index (χ4v) is 1.45. The van der Waals surface area contributed by atoms with Gasteiger partial charge in [-0.15, -0.1) is 0 Å². The van der Waals surface area contributed by atoms with Crippen LogP contribution in [0.2, 0.25) is 5.15 Å². The van der Waals surface area contributed by atoms with Crippen LogP contribution >= 0.6 is 11.6 Å². The Morgan fingerprint density at radius 3 is 2.65 bits per heavy atom. The van der Waals surface area contributed by atoms with Crippen molar-refractivity contribution in [1.82, 2.24) is 4.98 Å². The van der Waals surface area contributed by atoms with Gasteiger partial charge in [-0.2, -0.15) is 0 Å². The highest BCUT2D eigenvalue weighted by Crippen LogP contribution is 2.12. The Balaban J connectivity index is 1.84. The van der Waals surface area contributed by atoms with Crippen LogP contribution in [0.3, 0.4) is 0 Å². The zero-order chi connectivity index (χ0) is 11.9. The van der Waals surface area contributed by atoms with Crippen LogP contribution in [0.15, 0.2) is 54.7 Å². The van der Waals surface area contributed by atoms with Crippen molar-refractivity contribution < 1.29 is 4.74 Å². The summed E-state index contributed by atoms with van der Waals surface area (Å²) in [5, 5.41) is 0.470. The van der Waals surface area contributed by atoms with E-state index < -0.39 is 0 Å². The molecule has 0 amide bonds. The molecular weight excluding hydrogens is 234 g/mol. The van der Waals surface area contributed by atoms with Crippen LogP contribution in [0.4, 0.5) is 0 Å². The van der Waals surface area contributed by atoms with Gasteiger partial charge in [0, 0.05) is 0 Å². The molecule has 2 aromatic rings. The molecule has 0 saturated heterocycles. The molecule has 0 unspecified atom stereocenters. The van der Waals surface area contributed by atoms with Gasteiger partial charge in [-0.25, -0.2) is 4.98 Å². The van der Waals surface area contributed by atoms with E-state index in [2.05, 4.69) is 4.98 Å². The molecule has 1 aromatic heterocycles. The van der Waals surface area contributed by atoms with Crippen LogP contribution in [0.1, 0.15) is 5.56 Å². The number of hydrogen-bond donors (Lipinski definition) is 0. The molecule has 0 saturated carbocycles. The summed E-state index contributed by atoms with van der Waals surface area (Å²) in [6.07, 6.45) is 5.59. The van der Waals surface area contributed by atoms with E-state index >= 15 is 0 Å².